The third-order valence-corrected chi connectivity index (χ3v) is 8.95. The average molecular weight is 627 g/mol. The van der Waals surface area contributed by atoms with Crippen molar-refractivity contribution < 1.29 is 0 Å². The van der Waals surface area contributed by atoms with Crippen molar-refractivity contribution in [2.24, 2.45) is 0 Å². The first-order valence-electron chi connectivity index (χ1n) is 14.9. The molecule has 0 aliphatic heterocycles. The van der Waals surface area contributed by atoms with Gasteiger partial charge in [0.25, 0.3) is 0 Å². The van der Waals surface area contributed by atoms with Crippen molar-refractivity contribution in [1.82, 2.24) is 4.57 Å². The van der Waals surface area contributed by atoms with Crippen LogP contribution in [0.15, 0.2) is 174 Å². The van der Waals surface area contributed by atoms with Crippen molar-refractivity contribution >= 4 is 37.7 Å². The van der Waals surface area contributed by atoms with Crippen LogP contribution in [-0.4, -0.2) is 4.57 Å². The Morgan fingerprint density at radius 3 is 1.57 bits per heavy atom. The van der Waals surface area contributed by atoms with E-state index in [-0.39, 0.29) is 0 Å². The van der Waals surface area contributed by atoms with Gasteiger partial charge in [-0.2, -0.15) is 0 Å². The van der Waals surface area contributed by atoms with Crippen molar-refractivity contribution in [1.29, 1.82) is 0 Å². The quantitative estimate of drug-likeness (QED) is 0.179. The summed E-state index contributed by atoms with van der Waals surface area (Å²) in [5, 5.41) is 2.52. The molecule has 44 heavy (non-hydrogen) atoms. The summed E-state index contributed by atoms with van der Waals surface area (Å²) in [5.74, 6) is 0. The topological polar surface area (TPSA) is 4.93 Å². The number of hydrogen-bond donors (Lipinski definition) is 0. The summed E-state index contributed by atoms with van der Waals surface area (Å²) in [4.78, 5) is 0. The summed E-state index contributed by atoms with van der Waals surface area (Å²) in [5.41, 5.74) is 13.2. The maximum absolute atomic E-state index is 3.60. The van der Waals surface area contributed by atoms with Gasteiger partial charge in [0, 0.05) is 20.9 Å². The lowest BCUT2D eigenvalue weighted by Gasteiger charge is -2.12. The third-order valence-electron chi connectivity index (χ3n) is 8.46. The lowest BCUT2D eigenvalue weighted by atomic mass is 9.98. The van der Waals surface area contributed by atoms with Crippen LogP contribution in [0.25, 0.3) is 72.0 Å². The number of hydrogen-bond acceptors (Lipinski definition) is 0. The molecule has 7 aromatic carbocycles. The molecule has 0 radical (unpaired) electrons. The van der Waals surface area contributed by atoms with Gasteiger partial charge in [-0.05, 0) is 87.0 Å². The lowest BCUT2D eigenvalue weighted by molar-refractivity contribution is 1.18. The average Bonchev–Trinajstić information content (AvgIpc) is 3.42. The SMILES string of the molecule is Brc1cccc(-c2ccc(-c3ccc4c5ccccc5n(-c5cccc(-c6cccc(-c7ccccc7)c6)c5)c4c3)cc2)c1. The molecule has 0 aliphatic carbocycles. The van der Waals surface area contributed by atoms with Crippen LogP contribution < -0.4 is 0 Å². The van der Waals surface area contributed by atoms with Crippen molar-refractivity contribution in [3.05, 3.63) is 174 Å². The Bertz CT molecular complexity index is 2280. The Morgan fingerprint density at radius 1 is 0.318 bits per heavy atom. The molecule has 0 spiro atoms. The molecule has 0 unspecified atom stereocenters. The van der Waals surface area contributed by atoms with Crippen LogP contribution in [0.2, 0.25) is 0 Å². The zero-order valence-electron chi connectivity index (χ0n) is 24.0. The minimum absolute atomic E-state index is 1.09. The summed E-state index contributed by atoms with van der Waals surface area (Å²) in [6.45, 7) is 0. The van der Waals surface area contributed by atoms with Crippen molar-refractivity contribution in [2.75, 3.05) is 0 Å². The van der Waals surface area contributed by atoms with E-state index in [0.29, 0.717) is 0 Å². The molecule has 0 saturated heterocycles. The monoisotopic (exact) mass is 625 g/mol. The maximum Gasteiger partial charge on any atom is 0.0547 e. The Labute approximate surface area is 265 Å². The van der Waals surface area contributed by atoms with Gasteiger partial charge in [-0.1, -0.05) is 143 Å². The summed E-state index contributed by atoms with van der Waals surface area (Å²) in [7, 11) is 0. The first kappa shape index (κ1) is 26.4. The van der Waals surface area contributed by atoms with E-state index in [4.69, 9.17) is 0 Å². The fourth-order valence-electron chi connectivity index (χ4n) is 6.28. The third kappa shape index (κ3) is 4.84. The van der Waals surface area contributed by atoms with E-state index in [1.807, 2.05) is 0 Å². The van der Waals surface area contributed by atoms with Gasteiger partial charge in [0.15, 0.2) is 0 Å². The molecule has 1 nitrogen and oxygen atoms in total. The normalized spacial score (nSPS) is 11.3. The summed E-state index contributed by atoms with van der Waals surface area (Å²) in [6.07, 6.45) is 0. The summed E-state index contributed by atoms with van der Waals surface area (Å²) in [6, 6.07) is 61.2. The Balaban J connectivity index is 1.23. The molecule has 208 valence electrons. The standard InChI is InChI=1S/C42H28BrN/c43-37-15-7-13-34(26-37)30-19-21-31(22-20-30)36-23-24-40-39-17-4-5-18-41(39)44(42(40)28-36)38-16-8-14-35(27-38)33-12-6-11-32(25-33)29-9-2-1-3-10-29/h1-28H. The largest absolute Gasteiger partial charge is 0.309 e. The van der Waals surface area contributed by atoms with Crippen molar-refractivity contribution in [3.63, 3.8) is 0 Å². The van der Waals surface area contributed by atoms with Crippen LogP contribution in [0.1, 0.15) is 0 Å². The predicted octanol–water partition coefficient (Wildman–Crippen LogP) is 12.2. The second-order valence-electron chi connectivity index (χ2n) is 11.2. The smallest absolute Gasteiger partial charge is 0.0547 e. The van der Waals surface area contributed by atoms with Gasteiger partial charge >= 0.3 is 0 Å². The van der Waals surface area contributed by atoms with Gasteiger partial charge in [-0.25, -0.2) is 0 Å². The van der Waals surface area contributed by atoms with Crippen LogP contribution in [0.4, 0.5) is 0 Å². The lowest BCUT2D eigenvalue weighted by Crippen LogP contribution is -1.94. The number of benzene rings is 7. The fraction of sp³-hybridized carbons (Fsp3) is 0. The number of halogens is 1. The highest BCUT2D eigenvalue weighted by atomic mass is 79.9. The Kier molecular flexibility index (Phi) is 6.70. The van der Waals surface area contributed by atoms with Crippen LogP contribution in [0, 0.1) is 0 Å². The molecular weight excluding hydrogens is 598 g/mol. The van der Waals surface area contributed by atoms with Gasteiger partial charge in [0.1, 0.15) is 0 Å². The van der Waals surface area contributed by atoms with E-state index in [1.165, 1.54) is 66.3 Å². The number of rotatable bonds is 5. The zero-order valence-corrected chi connectivity index (χ0v) is 25.6. The highest BCUT2D eigenvalue weighted by Crippen LogP contribution is 2.36. The number of fused-ring (bicyclic) bond motifs is 3. The Morgan fingerprint density at radius 2 is 0.818 bits per heavy atom. The molecule has 0 N–H and O–H groups in total. The molecule has 0 amide bonds. The van der Waals surface area contributed by atoms with E-state index in [1.54, 1.807) is 0 Å². The molecule has 0 fully saturated rings. The van der Waals surface area contributed by atoms with Gasteiger partial charge in [-0.3, -0.25) is 0 Å². The minimum atomic E-state index is 1.09. The summed E-state index contributed by atoms with van der Waals surface area (Å²) >= 11 is 3.60. The van der Waals surface area contributed by atoms with Gasteiger partial charge in [0.2, 0.25) is 0 Å². The molecule has 8 aromatic rings. The number of para-hydroxylation sites is 1. The number of nitrogens with zero attached hydrogens (tertiary/aromatic N) is 1. The van der Waals surface area contributed by atoms with Crippen LogP contribution in [0.5, 0.6) is 0 Å². The van der Waals surface area contributed by atoms with Crippen LogP contribution in [0.3, 0.4) is 0 Å². The second kappa shape index (κ2) is 11.1. The Hall–Kier alpha value is -5.18. The molecule has 1 aromatic heterocycles. The minimum Gasteiger partial charge on any atom is -0.309 e. The first-order chi connectivity index (χ1) is 21.7. The molecule has 0 bridgehead atoms. The van der Waals surface area contributed by atoms with E-state index >= 15 is 0 Å². The molecule has 2 heteroatoms. The van der Waals surface area contributed by atoms with Crippen molar-refractivity contribution in [3.8, 4) is 50.2 Å². The summed E-state index contributed by atoms with van der Waals surface area (Å²) < 4.78 is 3.50. The molecule has 0 aliphatic rings. The maximum atomic E-state index is 3.60. The fourth-order valence-corrected chi connectivity index (χ4v) is 6.68. The van der Waals surface area contributed by atoms with Crippen LogP contribution >= 0.6 is 15.9 Å². The predicted molar refractivity (Wildman–Crippen MR) is 190 cm³/mol. The van der Waals surface area contributed by atoms with E-state index in [0.717, 1.165) is 10.2 Å². The molecule has 0 saturated carbocycles. The van der Waals surface area contributed by atoms with Gasteiger partial charge < -0.3 is 4.57 Å². The van der Waals surface area contributed by atoms with Gasteiger partial charge in [0.05, 0.1) is 11.0 Å². The van der Waals surface area contributed by atoms with E-state index in [2.05, 4.69) is 190 Å². The molecular formula is C42H28BrN. The second-order valence-corrected chi connectivity index (χ2v) is 12.1. The van der Waals surface area contributed by atoms with Crippen molar-refractivity contribution in [2.45, 2.75) is 0 Å². The molecule has 8 rings (SSSR count). The molecule has 0 atom stereocenters. The highest BCUT2D eigenvalue weighted by molar-refractivity contribution is 9.10. The first-order valence-corrected chi connectivity index (χ1v) is 15.7. The zero-order chi connectivity index (χ0) is 29.5. The molecule has 1 heterocycles. The van der Waals surface area contributed by atoms with Gasteiger partial charge in [-0.15, -0.1) is 0 Å². The van der Waals surface area contributed by atoms with Crippen LogP contribution in [-0.2, 0) is 0 Å². The van der Waals surface area contributed by atoms with E-state index in [9.17, 15) is 0 Å². The van der Waals surface area contributed by atoms with E-state index < -0.39 is 0 Å². The highest BCUT2D eigenvalue weighted by Gasteiger charge is 2.14. The number of aromatic nitrogens is 1.